The van der Waals surface area contributed by atoms with Crippen LogP contribution in [-0.2, 0) is 20.3 Å². The molecule has 0 bridgehead atoms. The highest BCUT2D eigenvalue weighted by atomic mass is 35.5. The molecule has 1 unspecified atom stereocenters. The number of thiophene rings is 1. The summed E-state index contributed by atoms with van der Waals surface area (Å²) in [5, 5.41) is 20.3. The Labute approximate surface area is 257 Å². The third-order valence-corrected chi connectivity index (χ3v) is 15.4. The van der Waals surface area contributed by atoms with E-state index in [0.717, 1.165) is 69.3 Å². The number of hydrogen-bond donors (Lipinski definition) is 2. The monoisotopic (exact) mass is 628 g/mol. The first-order valence-electron chi connectivity index (χ1n) is 15.5. The quantitative estimate of drug-likeness (QED) is 0.115. The van der Waals surface area contributed by atoms with Gasteiger partial charge in [-0.05, 0) is 107 Å². The number of aryl methyl sites for hydroxylation is 1. The molecule has 1 aliphatic heterocycles. The Morgan fingerprint density at radius 3 is 2.63 bits per heavy atom. The SMILES string of the molecule is C[C@@H](CCC[C@H](O)C=C[C@@H]1[C@@H](CCCc2ccc(C(=O)O)s2)[C@H](Cl)C[C@H]1OC1CCCCO1)O[Si](C)(C)C(C)(C)C. The number of ether oxygens (including phenoxy) is 2. The zero-order chi connectivity index (χ0) is 30.2. The molecule has 0 amide bonds. The molecular formula is C32H53ClO6SSi. The second-order valence-corrected chi connectivity index (χ2v) is 20.0. The van der Waals surface area contributed by atoms with Crippen molar-refractivity contribution in [1.29, 1.82) is 0 Å². The molecule has 1 saturated carbocycles. The van der Waals surface area contributed by atoms with Gasteiger partial charge in [0, 0.05) is 28.9 Å². The van der Waals surface area contributed by atoms with E-state index in [1.54, 1.807) is 6.07 Å². The minimum Gasteiger partial charge on any atom is -0.477 e. The molecule has 2 aliphatic rings. The summed E-state index contributed by atoms with van der Waals surface area (Å²) >= 11 is 8.28. The number of carbonyl (C=O) groups is 1. The van der Waals surface area contributed by atoms with Gasteiger partial charge in [-0.2, -0.15) is 0 Å². The summed E-state index contributed by atoms with van der Waals surface area (Å²) in [5.74, 6) is -0.536. The molecule has 7 atom stereocenters. The summed E-state index contributed by atoms with van der Waals surface area (Å²) in [6.45, 7) is 14.2. The lowest BCUT2D eigenvalue weighted by atomic mass is 9.88. The summed E-state index contributed by atoms with van der Waals surface area (Å²) in [6.07, 6.45) is 12.6. The highest BCUT2D eigenvalue weighted by Gasteiger charge is 2.43. The molecule has 2 heterocycles. The molecule has 3 rings (SSSR count). The van der Waals surface area contributed by atoms with Crippen LogP contribution in [0.2, 0.25) is 18.1 Å². The summed E-state index contributed by atoms with van der Waals surface area (Å²) in [7, 11) is -1.79. The molecule has 1 aromatic rings. The van der Waals surface area contributed by atoms with Crippen molar-refractivity contribution < 1.29 is 28.9 Å². The maximum absolute atomic E-state index is 11.2. The van der Waals surface area contributed by atoms with Crippen LogP contribution in [0.15, 0.2) is 24.3 Å². The van der Waals surface area contributed by atoms with Crippen LogP contribution in [-0.4, -0.2) is 61.1 Å². The second-order valence-electron chi connectivity index (χ2n) is 13.5. The van der Waals surface area contributed by atoms with Gasteiger partial charge in [0.2, 0.25) is 0 Å². The van der Waals surface area contributed by atoms with Crippen molar-refractivity contribution in [2.75, 3.05) is 6.61 Å². The van der Waals surface area contributed by atoms with Crippen molar-refractivity contribution in [2.24, 2.45) is 11.8 Å². The fourth-order valence-electron chi connectivity index (χ4n) is 5.72. The summed E-state index contributed by atoms with van der Waals surface area (Å²) in [6, 6.07) is 3.60. The first kappa shape index (κ1) is 34.7. The molecule has 2 fully saturated rings. The van der Waals surface area contributed by atoms with Crippen LogP contribution in [0.25, 0.3) is 0 Å². The minimum atomic E-state index is -1.79. The lowest BCUT2D eigenvalue weighted by Crippen LogP contribution is -2.43. The molecule has 1 aromatic heterocycles. The smallest absolute Gasteiger partial charge is 0.345 e. The van der Waals surface area contributed by atoms with Crippen molar-refractivity contribution in [3.05, 3.63) is 34.0 Å². The van der Waals surface area contributed by atoms with E-state index in [2.05, 4.69) is 46.9 Å². The first-order valence-corrected chi connectivity index (χ1v) is 19.7. The number of aliphatic hydroxyl groups is 1. The Balaban J connectivity index is 1.56. The third kappa shape index (κ3) is 10.7. The maximum Gasteiger partial charge on any atom is 0.345 e. The van der Waals surface area contributed by atoms with E-state index in [9.17, 15) is 15.0 Å². The predicted molar refractivity (Wildman–Crippen MR) is 171 cm³/mol. The Morgan fingerprint density at radius 1 is 1.24 bits per heavy atom. The van der Waals surface area contributed by atoms with Crippen molar-refractivity contribution in [3.8, 4) is 0 Å². The van der Waals surface area contributed by atoms with Crippen molar-refractivity contribution in [2.45, 2.75) is 140 Å². The molecule has 6 nitrogen and oxygen atoms in total. The first-order chi connectivity index (χ1) is 19.3. The van der Waals surface area contributed by atoms with Crippen molar-refractivity contribution in [1.82, 2.24) is 0 Å². The Morgan fingerprint density at radius 2 is 2.00 bits per heavy atom. The average molecular weight is 629 g/mol. The van der Waals surface area contributed by atoms with Gasteiger partial charge in [0.05, 0.1) is 12.2 Å². The van der Waals surface area contributed by atoms with Crippen LogP contribution in [0.5, 0.6) is 0 Å². The Bertz CT molecular complexity index is 970. The van der Waals surface area contributed by atoms with Crippen molar-refractivity contribution in [3.63, 3.8) is 0 Å². The van der Waals surface area contributed by atoms with Crippen LogP contribution >= 0.6 is 22.9 Å². The number of alkyl halides is 1. The number of carboxylic acid groups (broad SMARTS) is 1. The number of hydrogen-bond acceptors (Lipinski definition) is 6. The predicted octanol–water partition coefficient (Wildman–Crippen LogP) is 8.42. The molecule has 234 valence electrons. The van der Waals surface area contributed by atoms with E-state index in [0.29, 0.717) is 11.3 Å². The number of aliphatic hydroxyl groups excluding tert-OH is 1. The molecule has 2 N–H and O–H groups in total. The van der Waals surface area contributed by atoms with Gasteiger partial charge < -0.3 is 24.1 Å². The van der Waals surface area contributed by atoms with Crippen molar-refractivity contribution >= 4 is 37.2 Å². The Kier molecular flexibility index (Phi) is 13.4. The van der Waals surface area contributed by atoms with Gasteiger partial charge in [-0.1, -0.05) is 32.9 Å². The zero-order valence-corrected chi connectivity index (χ0v) is 28.5. The zero-order valence-electron chi connectivity index (χ0n) is 25.9. The van der Waals surface area contributed by atoms with Gasteiger partial charge in [0.15, 0.2) is 14.6 Å². The number of aromatic carboxylic acids is 1. The Hall–Kier alpha value is -0.743. The number of halogens is 1. The fourth-order valence-corrected chi connectivity index (χ4v) is 8.55. The lowest BCUT2D eigenvalue weighted by molar-refractivity contribution is -0.192. The molecule has 1 aliphatic carbocycles. The average Bonchev–Trinajstić information content (AvgIpc) is 3.47. The highest BCUT2D eigenvalue weighted by molar-refractivity contribution is 7.13. The molecule has 0 radical (unpaired) electrons. The van der Waals surface area contributed by atoms with Crippen LogP contribution in [0.3, 0.4) is 0 Å². The van der Waals surface area contributed by atoms with E-state index < -0.39 is 20.4 Å². The van der Waals surface area contributed by atoms with Gasteiger partial charge in [-0.3, -0.25) is 0 Å². The number of rotatable bonds is 15. The van der Waals surface area contributed by atoms with E-state index in [1.165, 1.54) is 11.3 Å². The molecule has 0 aromatic carbocycles. The van der Waals surface area contributed by atoms with Crippen LogP contribution in [0.4, 0.5) is 0 Å². The van der Waals surface area contributed by atoms with E-state index >= 15 is 0 Å². The largest absolute Gasteiger partial charge is 0.477 e. The third-order valence-electron chi connectivity index (χ3n) is 9.11. The van der Waals surface area contributed by atoms with Crippen LogP contribution < -0.4 is 0 Å². The molecule has 9 heteroatoms. The van der Waals surface area contributed by atoms with E-state index in [1.807, 2.05) is 12.1 Å². The molecule has 1 saturated heterocycles. The van der Waals surface area contributed by atoms with Gasteiger partial charge >= 0.3 is 5.97 Å². The normalized spacial score (nSPS) is 27.4. The van der Waals surface area contributed by atoms with Crippen LogP contribution in [0.1, 0.15) is 100 Å². The second kappa shape index (κ2) is 15.8. The topological polar surface area (TPSA) is 85.2 Å². The maximum atomic E-state index is 11.2. The van der Waals surface area contributed by atoms with Crippen LogP contribution in [0, 0.1) is 11.8 Å². The summed E-state index contributed by atoms with van der Waals surface area (Å²) in [4.78, 5) is 12.7. The number of carboxylic acids is 1. The highest BCUT2D eigenvalue weighted by Crippen LogP contribution is 2.43. The summed E-state index contributed by atoms with van der Waals surface area (Å²) in [5.41, 5.74) is 0. The van der Waals surface area contributed by atoms with E-state index in [4.69, 9.17) is 25.5 Å². The summed E-state index contributed by atoms with van der Waals surface area (Å²) < 4.78 is 18.8. The molecule has 0 spiro atoms. The molecular weight excluding hydrogens is 576 g/mol. The van der Waals surface area contributed by atoms with Gasteiger partial charge in [-0.15, -0.1) is 22.9 Å². The van der Waals surface area contributed by atoms with Gasteiger partial charge in [0.1, 0.15) is 4.88 Å². The van der Waals surface area contributed by atoms with E-state index in [-0.39, 0.29) is 40.7 Å². The van der Waals surface area contributed by atoms with Gasteiger partial charge in [0.25, 0.3) is 0 Å². The standard InChI is InChI=1S/C32H53ClO6SSi/c1-22(39-41(5,6)32(2,3)4)11-9-12-23(34)16-18-26-25(14-10-13-24-17-19-29(40-24)31(35)36)27(33)21-28(26)38-30-15-7-8-20-37-30/h16-19,22-23,25-28,30,34H,7-15,20-21H2,1-6H3,(H,35,36)/t22-,23-,25+,26+,27+,28+,30?/m0/s1. The minimum absolute atomic E-state index is 0.0124. The van der Waals surface area contributed by atoms with Gasteiger partial charge in [-0.25, -0.2) is 4.79 Å². The lowest BCUT2D eigenvalue weighted by Gasteiger charge is -2.38. The fraction of sp³-hybridized carbons (Fsp3) is 0.781. The molecule has 41 heavy (non-hydrogen) atoms.